The zero-order valence-electron chi connectivity index (χ0n) is 16.3. The summed E-state index contributed by atoms with van der Waals surface area (Å²) >= 11 is 0. The summed E-state index contributed by atoms with van der Waals surface area (Å²) in [7, 11) is 0. The number of nitrogens with zero attached hydrogens (tertiary/aromatic N) is 1. The average molecular weight is 375 g/mol. The number of rotatable bonds is 7. The highest BCUT2D eigenvalue weighted by Crippen LogP contribution is 2.21. The van der Waals surface area contributed by atoms with Crippen molar-refractivity contribution in [3.63, 3.8) is 0 Å². The van der Waals surface area contributed by atoms with E-state index in [1.54, 1.807) is 25.7 Å². The molecule has 2 N–H and O–H groups in total. The lowest BCUT2D eigenvalue weighted by Crippen LogP contribution is -2.33. The molecule has 0 unspecified atom stereocenters. The number of hydrogen-bond acceptors (Lipinski definition) is 4. The van der Waals surface area contributed by atoms with Crippen LogP contribution < -0.4 is 15.5 Å². The van der Waals surface area contributed by atoms with E-state index in [4.69, 9.17) is 4.74 Å². The topological polar surface area (TPSA) is 87.7 Å². The third-order valence-corrected chi connectivity index (χ3v) is 4.06. The SMILES string of the molecule is CC(C)(C)OC(=O)NCCCC(=O)NCc1ccc(N2CCCC2=O)cc1. The molecule has 1 aliphatic heterocycles. The van der Waals surface area contributed by atoms with Crippen molar-refractivity contribution in [2.24, 2.45) is 0 Å². The first-order chi connectivity index (χ1) is 12.7. The molecular weight excluding hydrogens is 346 g/mol. The highest BCUT2D eigenvalue weighted by atomic mass is 16.6. The lowest BCUT2D eigenvalue weighted by Gasteiger charge is -2.19. The second-order valence-corrected chi connectivity index (χ2v) is 7.62. The van der Waals surface area contributed by atoms with Gasteiger partial charge in [-0.1, -0.05) is 12.1 Å². The second kappa shape index (κ2) is 9.39. The molecule has 7 heteroatoms. The van der Waals surface area contributed by atoms with Crippen molar-refractivity contribution in [1.82, 2.24) is 10.6 Å². The molecule has 0 radical (unpaired) electrons. The molecule has 1 saturated heterocycles. The van der Waals surface area contributed by atoms with Crippen LogP contribution in [0.5, 0.6) is 0 Å². The highest BCUT2D eigenvalue weighted by molar-refractivity contribution is 5.95. The van der Waals surface area contributed by atoms with E-state index in [-0.39, 0.29) is 11.8 Å². The number of anilines is 1. The van der Waals surface area contributed by atoms with E-state index in [9.17, 15) is 14.4 Å². The third-order valence-electron chi connectivity index (χ3n) is 4.06. The zero-order valence-corrected chi connectivity index (χ0v) is 16.3. The molecule has 3 amide bonds. The fourth-order valence-corrected chi connectivity index (χ4v) is 2.76. The monoisotopic (exact) mass is 375 g/mol. The number of nitrogens with one attached hydrogen (secondary N) is 2. The predicted octanol–water partition coefficient (Wildman–Crippen LogP) is 2.73. The molecule has 0 saturated carbocycles. The van der Waals surface area contributed by atoms with Crippen LogP contribution in [0.1, 0.15) is 52.0 Å². The van der Waals surface area contributed by atoms with Crippen LogP contribution in [0, 0.1) is 0 Å². The Balaban J connectivity index is 1.64. The maximum absolute atomic E-state index is 11.9. The molecule has 7 nitrogen and oxygen atoms in total. The van der Waals surface area contributed by atoms with Gasteiger partial charge in [0.15, 0.2) is 0 Å². The smallest absolute Gasteiger partial charge is 0.407 e. The van der Waals surface area contributed by atoms with Gasteiger partial charge in [0.05, 0.1) is 0 Å². The van der Waals surface area contributed by atoms with Gasteiger partial charge in [0, 0.05) is 38.2 Å². The number of carbonyl (C=O) groups excluding carboxylic acids is 3. The number of hydrogen-bond donors (Lipinski definition) is 2. The Morgan fingerprint density at radius 1 is 1.15 bits per heavy atom. The van der Waals surface area contributed by atoms with E-state index in [2.05, 4.69) is 10.6 Å². The normalized spacial score (nSPS) is 14.2. The lowest BCUT2D eigenvalue weighted by molar-refractivity contribution is -0.121. The van der Waals surface area contributed by atoms with Gasteiger partial charge in [-0.25, -0.2) is 4.79 Å². The minimum Gasteiger partial charge on any atom is -0.444 e. The molecule has 1 fully saturated rings. The summed E-state index contributed by atoms with van der Waals surface area (Å²) in [6.07, 6.45) is 1.91. The maximum atomic E-state index is 11.9. The summed E-state index contributed by atoms with van der Waals surface area (Å²) in [5, 5.41) is 5.49. The van der Waals surface area contributed by atoms with Crippen LogP contribution in [-0.2, 0) is 20.9 Å². The highest BCUT2D eigenvalue weighted by Gasteiger charge is 2.21. The fourth-order valence-electron chi connectivity index (χ4n) is 2.76. The third kappa shape index (κ3) is 7.29. The summed E-state index contributed by atoms with van der Waals surface area (Å²) < 4.78 is 5.13. The first-order valence-electron chi connectivity index (χ1n) is 9.37. The standard InChI is InChI=1S/C20H29N3O4/c1-20(2,3)27-19(26)21-12-4-6-17(24)22-14-15-8-10-16(11-9-15)23-13-5-7-18(23)25/h8-11H,4-7,12-14H2,1-3H3,(H,21,26)(H,22,24). The first-order valence-corrected chi connectivity index (χ1v) is 9.37. The van der Waals surface area contributed by atoms with Crippen molar-refractivity contribution in [1.29, 1.82) is 0 Å². The summed E-state index contributed by atoms with van der Waals surface area (Å²) in [6.45, 7) is 7.00. The van der Waals surface area contributed by atoms with Gasteiger partial charge >= 0.3 is 6.09 Å². The number of carbonyl (C=O) groups is 3. The van der Waals surface area contributed by atoms with Crippen LogP contribution in [0.25, 0.3) is 0 Å². The molecule has 1 aromatic carbocycles. The van der Waals surface area contributed by atoms with Gasteiger partial charge in [-0.3, -0.25) is 9.59 Å². The molecule has 0 aromatic heterocycles. The van der Waals surface area contributed by atoms with E-state index in [0.717, 1.165) is 24.2 Å². The summed E-state index contributed by atoms with van der Waals surface area (Å²) in [5.41, 5.74) is 1.35. The Bertz CT molecular complexity index is 665. The van der Waals surface area contributed by atoms with Gasteiger partial charge in [0.2, 0.25) is 11.8 Å². The molecule has 0 atom stereocenters. The largest absolute Gasteiger partial charge is 0.444 e. The number of ether oxygens (including phenoxy) is 1. The van der Waals surface area contributed by atoms with Gasteiger partial charge in [0.1, 0.15) is 5.60 Å². The van der Waals surface area contributed by atoms with Crippen LogP contribution in [-0.4, -0.2) is 36.6 Å². The Morgan fingerprint density at radius 3 is 2.44 bits per heavy atom. The Hall–Kier alpha value is -2.57. The summed E-state index contributed by atoms with van der Waals surface area (Å²) in [5.74, 6) is 0.0934. The van der Waals surface area contributed by atoms with Crippen molar-refractivity contribution < 1.29 is 19.1 Å². The maximum Gasteiger partial charge on any atom is 0.407 e. The van der Waals surface area contributed by atoms with Crippen LogP contribution in [0.3, 0.4) is 0 Å². The van der Waals surface area contributed by atoms with Gasteiger partial charge in [-0.15, -0.1) is 0 Å². The quantitative estimate of drug-likeness (QED) is 0.718. The van der Waals surface area contributed by atoms with Crippen molar-refractivity contribution >= 4 is 23.6 Å². The molecule has 1 aliphatic rings. The molecule has 0 aliphatic carbocycles. The molecule has 1 aromatic rings. The van der Waals surface area contributed by atoms with E-state index >= 15 is 0 Å². The number of amides is 3. The first kappa shape index (κ1) is 20.7. The number of benzene rings is 1. The molecule has 1 heterocycles. The molecule has 148 valence electrons. The van der Waals surface area contributed by atoms with E-state index in [1.165, 1.54) is 0 Å². The minimum atomic E-state index is -0.529. The summed E-state index contributed by atoms with van der Waals surface area (Å²) in [6, 6.07) is 7.67. The lowest BCUT2D eigenvalue weighted by atomic mass is 10.2. The fraction of sp³-hybridized carbons (Fsp3) is 0.550. The van der Waals surface area contributed by atoms with Crippen LogP contribution in [0.15, 0.2) is 24.3 Å². The van der Waals surface area contributed by atoms with Crippen molar-refractivity contribution in [2.45, 2.75) is 58.6 Å². The van der Waals surface area contributed by atoms with Gasteiger partial charge < -0.3 is 20.3 Å². The van der Waals surface area contributed by atoms with Gasteiger partial charge in [-0.2, -0.15) is 0 Å². The van der Waals surface area contributed by atoms with Crippen LogP contribution >= 0.6 is 0 Å². The molecule has 0 bridgehead atoms. The van der Waals surface area contributed by atoms with Gasteiger partial charge in [0.25, 0.3) is 0 Å². The minimum absolute atomic E-state index is 0.0696. The summed E-state index contributed by atoms with van der Waals surface area (Å²) in [4.78, 5) is 36.9. The van der Waals surface area contributed by atoms with Crippen molar-refractivity contribution in [2.75, 3.05) is 18.0 Å². The van der Waals surface area contributed by atoms with Gasteiger partial charge in [-0.05, 0) is 51.3 Å². The van der Waals surface area contributed by atoms with Crippen LogP contribution in [0.4, 0.5) is 10.5 Å². The Kier molecular flexibility index (Phi) is 7.21. The molecule has 2 rings (SSSR count). The Labute approximate surface area is 160 Å². The van der Waals surface area contributed by atoms with E-state index < -0.39 is 11.7 Å². The Morgan fingerprint density at radius 2 is 1.85 bits per heavy atom. The molecular formula is C20H29N3O4. The second-order valence-electron chi connectivity index (χ2n) is 7.62. The molecule has 0 spiro atoms. The van der Waals surface area contributed by atoms with Crippen molar-refractivity contribution in [3.05, 3.63) is 29.8 Å². The van der Waals surface area contributed by atoms with Crippen molar-refractivity contribution in [3.8, 4) is 0 Å². The number of alkyl carbamates (subject to hydrolysis) is 1. The zero-order chi connectivity index (χ0) is 19.9. The van der Waals surface area contributed by atoms with E-state index in [1.807, 2.05) is 24.3 Å². The van der Waals surface area contributed by atoms with E-state index in [0.29, 0.717) is 32.4 Å². The average Bonchev–Trinajstić information content (AvgIpc) is 3.02. The predicted molar refractivity (Wildman–Crippen MR) is 103 cm³/mol. The van der Waals surface area contributed by atoms with Crippen LogP contribution in [0.2, 0.25) is 0 Å². The molecule has 27 heavy (non-hydrogen) atoms.